The van der Waals surface area contributed by atoms with Gasteiger partial charge in [0, 0.05) is 29.2 Å². The maximum atomic E-state index is 11.2. The molecule has 1 N–H and O–H groups in total. The summed E-state index contributed by atoms with van der Waals surface area (Å²) in [5.74, 6) is 0.168. The van der Waals surface area contributed by atoms with E-state index in [0.29, 0.717) is 11.7 Å². The number of rotatable bonds is 7. The van der Waals surface area contributed by atoms with Crippen molar-refractivity contribution in [2.24, 2.45) is 0 Å². The number of Topliss-reactive ketones (excluding diaryl/α,β-unsaturated/α-hetero) is 1. The number of anilines is 1. The number of carbonyl (C=O) groups is 2. The van der Waals surface area contributed by atoms with E-state index in [1.807, 2.05) is 24.3 Å². The van der Waals surface area contributed by atoms with Crippen molar-refractivity contribution < 1.29 is 9.59 Å². The predicted molar refractivity (Wildman–Crippen MR) is 80.6 cm³/mol. The van der Waals surface area contributed by atoms with Crippen LogP contribution < -0.4 is 5.32 Å². The maximum Gasteiger partial charge on any atom is 0.221 e. The topological polar surface area (TPSA) is 46.2 Å². The molecule has 0 aliphatic carbocycles. The molecular weight excluding hydrogens is 258 g/mol. The molecule has 1 aromatic carbocycles. The van der Waals surface area contributed by atoms with Crippen molar-refractivity contribution in [3.8, 4) is 0 Å². The zero-order valence-corrected chi connectivity index (χ0v) is 12.5. The molecule has 1 atom stereocenters. The molecule has 0 aliphatic rings. The zero-order valence-electron chi connectivity index (χ0n) is 11.7. The van der Waals surface area contributed by atoms with Crippen LogP contribution in [-0.4, -0.2) is 16.9 Å². The smallest absolute Gasteiger partial charge is 0.221 e. The Morgan fingerprint density at radius 1 is 1.21 bits per heavy atom. The van der Waals surface area contributed by atoms with Gasteiger partial charge in [-0.1, -0.05) is 13.3 Å². The molecule has 0 aliphatic heterocycles. The summed E-state index contributed by atoms with van der Waals surface area (Å²) >= 11 is 1.74. The number of benzene rings is 1. The Bertz CT molecular complexity index is 428. The number of amides is 1. The van der Waals surface area contributed by atoms with Gasteiger partial charge in [0.25, 0.3) is 0 Å². The van der Waals surface area contributed by atoms with Crippen LogP contribution in [0.3, 0.4) is 0 Å². The Balaban J connectivity index is 2.63. The molecule has 3 nitrogen and oxygen atoms in total. The highest BCUT2D eigenvalue weighted by Gasteiger charge is 2.12. The third-order valence-corrected chi connectivity index (χ3v) is 3.88. The molecule has 0 fully saturated rings. The molecule has 1 amide bonds. The van der Waals surface area contributed by atoms with E-state index in [0.717, 1.165) is 23.4 Å². The van der Waals surface area contributed by atoms with Crippen molar-refractivity contribution in [2.45, 2.75) is 50.2 Å². The van der Waals surface area contributed by atoms with E-state index in [-0.39, 0.29) is 11.7 Å². The van der Waals surface area contributed by atoms with Crippen LogP contribution in [0.1, 0.15) is 40.0 Å². The van der Waals surface area contributed by atoms with Gasteiger partial charge in [0.2, 0.25) is 5.91 Å². The minimum atomic E-state index is -0.0687. The first-order chi connectivity index (χ1) is 9.01. The van der Waals surface area contributed by atoms with Gasteiger partial charge in [-0.25, -0.2) is 0 Å². The first-order valence-corrected chi connectivity index (χ1v) is 7.43. The second-order valence-electron chi connectivity index (χ2n) is 4.64. The highest BCUT2D eigenvalue weighted by molar-refractivity contribution is 8.00. The standard InChI is InChI=1S/C15H21NO2S/c1-4-5-15(10-11(2)17)19-14-8-6-13(7-9-14)16-12(3)18/h6-9,15H,4-5,10H2,1-3H3,(H,16,18). The van der Waals surface area contributed by atoms with Crippen LogP contribution in [0.15, 0.2) is 29.2 Å². The second kappa shape index (κ2) is 8.00. The summed E-state index contributed by atoms with van der Waals surface area (Å²) in [5, 5.41) is 3.08. The van der Waals surface area contributed by atoms with Crippen molar-refractivity contribution in [1.82, 2.24) is 0 Å². The van der Waals surface area contributed by atoms with Crippen LogP contribution in [0.4, 0.5) is 5.69 Å². The molecule has 1 unspecified atom stereocenters. The first-order valence-electron chi connectivity index (χ1n) is 6.55. The van der Waals surface area contributed by atoms with Gasteiger partial charge in [0.05, 0.1) is 0 Å². The van der Waals surface area contributed by atoms with Crippen LogP contribution in [0.2, 0.25) is 0 Å². The van der Waals surface area contributed by atoms with Crippen molar-refractivity contribution in [1.29, 1.82) is 0 Å². The van der Waals surface area contributed by atoms with E-state index in [9.17, 15) is 9.59 Å². The minimum absolute atomic E-state index is 0.0687. The van der Waals surface area contributed by atoms with Gasteiger partial charge in [0.15, 0.2) is 0 Å². The Hall–Kier alpha value is -1.29. The number of ketones is 1. The summed E-state index contributed by atoms with van der Waals surface area (Å²) in [5.41, 5.74) is 0.801. The van der Waals surface area contributed by atoms with E-state index < -0.39 is 0 Å². The maximum absolute atomic E-state index is 11.2. The van der Waals surface area contributed by atoms with Gasteiger partial charge in [0.1, 0.15) is 5.78 Å². The number of carbonyl (C=O) groups excluding carboxylic acids is 2. The fraction of sp³-hybridized carbons (Fsp3) is 0.467. The molecule has 0 aromatic heterocycles. The van der Waals surface area contributed by atoms with E-state index in [2.05, 4.69) is 12.2 Å². The summed E-state index contributed by atoms with van der Waals surface area (Å²) in [7, 11) is 0. The lowest BCUT2D eigenvalue weighted by Crippen LogP contribution is -2.08. The average molecular weight is 279 g/mol. The summed E-state index contributed by atoms with van der Waals surface area (Å²) < 4.78 is 0. The number of thioether (sulfide) groups is 1. The molecule has 0 radical (unpaired) electrons. The molecule has 1 rings (SSSR count). The van der Waals surface area contributed by atoms with Crippen LogP contribution in [-0.2, 0) is 9.59 Å². The van der Waals surface area contributed by atoms with Crippen molar-refractivity contribution in [2.75, 3.05) is 5.32 Å². The minimum Gasteiger partial charge on any atom is -0.326 e. The van der Waals surface area contributed by atoms with E-state index in [1.54, 1.807) is 18.7 Å². The van der Waals surface area contributed by atoms with Gasteiger partial charge < -0.3 is 5.32 Å². The molecule has 0 spiro atoms. The van der Waals surface area contributed by atoms with Crippen LogP contribution in [0, 0.1) is 0 Å². The SMILES string of the molecule is CCCC(CC(C)=O)Sc1ccc(NC(C)=O)cc1. The number of hydrogen-bond acceptors (Lipinski definition) is 3. The van der Waals surface area contributed by atoms with Crippen LogP contribution in [0.25, 0.3) is 0 Å². The molecule has 104 valence electrons. The third kappa shape index (κ3) is 6.43. The molecule has 1 aromatic rings. The monoisotopic (exact) mass is 279 g/mol. The van der Waals surface area contributed by atoms with E-state index >= 15 is 0 Å². The Labute approximate surface area is 119 Å². The van der Waals surface area contributed by atoms with Gasteiger partial charge in [-0.05, 0) is 37.6 Å². The molecule has 0 heterocycles. The highest BCUT2D eigenvalue weighted by atomic mass is 32.2. The lowest BCUT2D eigenvalue weighted by Gasteiger charge is -2.14. The van der Waals surface area contributed by atoms with E-state index in [4.69, 9.17) is 0 Å². The summed E-state index contributed by atoms with van der Waals surface area (Å²) in [4.78, 5) is 23.3. The fourth-order valence-corrected chi connectivity index (χ4v) is 3.21. The first kappa shape index (κ1) is 15.8. The largest absolute Gasteiger partial charge is 0.326 e. The Morgan fingerprint density at radius 2 is 1.84 bits per heavy atom. The lowest BCUT2D eigenvalue weighted by atomic mass is 10.1. The highest BCUT2D eigenvalue weighted by Crippen LogP contribution is 2.29. The zero-order chi connectivity index (χ0) is 14.3. The van der Waals surface area contributed by atoms with Gasteiger partial charge >= 0.3 is 0 Å². The lowest BCUT2D eigenvalue weighted by molar-refractivity contribution is -0.117. The van der Waals surface area contributed by atoms with Gasteiger partial charge in [-0.15, -0.1) is 11.8 Å². The normalized spacial score (nSPS) is 11.9. The molecular formula is C15H21NO2S. The molecule has 0 saturated carbocycles. The van der Waals surface area contributed by atoms with Crippen LogP contribution >= 0.6 is 11.8 Å². The molecule has 19 heavy (non-hydrogen) atoms. The van der Waals surface area contributed by atoms with Crippen molar-refractivity contribution in [3.05, 3.63) is 24.3 Å². The van der Waals surface area contributed by atoms with E-state index in [1.165, 1.54) is 6.92 Å². The predicted octanol–water partition coefficient (Wildman–Crippen LogP) is 3.88. The molecule has 4 heteroatoms. The molecule has 0 bridgehead atoms. The number of hydrogen-bond donors (Lipinski definition) is 1. The van der Waals surface area contributed by atoms with Gasteiger partial charge in [-0.3, -0.25) is 9.59 Å². The third-order valence-electron chi connectivity index (χ3n) is 2.60. The Kier molecular flexibility index (Phi) is 6.64. The quantitative estimate of drug-likeness (QED) is 0.770. The summed E-state index contributed by atoms with van der Waals surface area (Å²) in [6.45, 7) is 5.27. The van der Waals surface area contributed by atoms with Gasteiger partial charge in [-0.2, -0.15) is 0 Å². The number of nitrogens with one attached hydrogen (secondary N) is 1. The van der Waals surface area contributed by atoms with Crippen LogP contribution in [0.5, 0.6) is 0 Å². The second-order valence-corrected chi connectivity index (χ2v) is 6.01. The van der Waals surface area contributed by atoms with Crippen molar-refractivity contribution in [3.63, 3.8) is 0 Å². The summed E-state index contributed by atoms with van der Waals surface area (Å²) in [6, 6.07) is 7.75. The Morgan fingerprint density at radius 3 is 2.32 bits per heavy atom. The summed E-state index contributed by atoms with van der Waals surface area (Å²) in [6.07, 6.45) is 2.73. The fourth-order valence-electron chi connectivity index (χ4n) is 1.86. The van der Waals surface area contributed by atoms with Crippen molar-refractivity contribution >= 4 is 29.1 Å². The average Bonchev–Trinajstić information content (AvgIpc) is 2.30. The molecule has 0 saturated heterocycles.